The number of likely N-dealkylation sites (N-methyl/N-ethyl adjacent to an activating group) is 1. The first-order chi connectivity index (χ1) is 9.09. The molecule has 0 spiro atoms. The van der Waals surface area contributed by atoms with E-state index in [2.05, 4.69) is 11.9 Å². The van der Waals surface area contributed by atoms with Crippen LogP contribution in [0.4, 0.5) is 4.39 Å². The van der Waals surface area contributed by atoms with Crippen LogP contribution in [0.3, 0.4) is 0 Å². The third-order valence-corrected chi connectivity index (χ3v) is 3.83. The van der Waals surface area contributed by atoms with Crippen LogP contribution < -0.4 is 10.5 Å². The Hall–Kier alpha value is -1.13. The molecule has 1 fully saturated rings. The van der Waals surface area contributed by atoms with Gasteiger partial charge in [-0.2, -0.15) is 0 Å². The molecule has 106 valence electrons. The lowest BCUT2D eigenvalue weighted by atomic mass is 10.0. The number of nitrogens with zero attached hydrogens (tertiary/aromatic N) is 1. The quantitative estimate of drug-likeness (QED) is 0.910. The van der Waals surface area contributed by atoms with Crippen LogP contribution in [0, 0.1) is 5.82 Å². The number of likely N-dealkylation sites (tertiary alicyclic amines) is 1. The molecule has 3 nitrogen and oxygen atoms in total. The monoisotopic (exact) mass is 266 g/mol. The van der Waals surface area contributed by atoms with E-state index in [-0.39, 0.29) is 11.9 Å². The summed E-state index contributed by atoms with van der Waals surface area (Å²) in [5.41, 5.74) is 6.60. The smallest absolute Gasteiger partial charge is 0.165 e. The Bertz CT molecular complexity index is 423. The number of hydrogen-bond donors (Lipinski definition) is 1. The van der Waals surface area contributed by atoms with Gasteiger partial charge in [-0.25, -0.2) is 4.39 Å². The molecule has 0 aromatic heterocycles. The van der Waals surface area contributed by atoms with Crippen molar-refractivity contribution in [2.75, 3.05) is 20.2 Å². The molecular formula is C15H23FN2O. The van der Waals surface area contributed by atoms with Crippen molar-refractivity contribution < 1.29 is 9.13 Å². The first-order valence-electron chi connectivity index (χ1n) is 6.96. The van der Waals surface area contributed by atoms with E-state index < -0.39 is 0 Å². The molecule has 1 aliphatic heterocycles. The number of para-hydroxylation sites is 1. The number of benzene rings is 1. The number of hydrogen-bond acceptors (Lipinski definition) is 3. The Kier molecular flexibility index (Phi) is 4.77. The molecule has 0 aliphatic carbocycles. The highest BCUT2D eigenvalue weighted by atomic mass is 19.1. The molecule has 0 saturated carbocycles. The summed E-state index contributed by atoms with van der Waals surface area (Å²) in [6, 6.07) is 5.07. The molecule has 1 saturated heterocycles. The van der Waals surface area contributed by atoms with Gasteiger partial charge in [-0.05, 0) is 39.4 Å². The van der Waals surface area contributed by atoms with Crippen molar-refractivity contribution in [3.05, 3.63) is 29.6 Å². The van der Waals surface area contributed by atoms with Gasteiger partial charge in [-0.1, -0.05) is 18.6 Å². The first-order valence-corrected chi connectivity index (χ1v) is 6.96. The van der Waals surface area contributed by atoms with Crippen molar-refractivity contribution in [2.45, 2.75) is 38.3 Å². The van der Waals surface area contributed by atoms with E-state index >= 15 is 0 Å². The number of halogens is 1. The summed E-state index contributed by atoms with van der Waals surface area (Å²) >= 11 is 0. The second kappa shape index (κ2) is 6.35. The minimum atomic E-state index is -0.326. The van der Waals surface area contributed by atoms with Crippen LogP contribution in [0.25, 0.3) is 0 Å². The van der Waals surface area contributed by atoms with Gasteiger partial charge in [0.1, 0.15) is 6.61 Å². The maximum Gasteiger partial charge on any atom is 0.165 e. The first kappa shape index (κ1) is 14.3. The maximum absolute atomic E-state index is 13.9. The van der Waals surface area contributed by atoms with Crippen molar-refractivity contribution >= 4 is 0 Å². The zero-order chi connectivity index (χ0) is 13.8. The summed E-state index contributed by atoms with van der Waals surface area (Å²) in [5.74, 6) is -0.00950. The summed E-state index contributed by atoms with van der Waals surface area (Å²) in [6.07, 6.45) is 3.56. The Morgan fingerprint density at radius 2 is 2.26 bits per heavy atom. The van der Waals surface area contributed by atoms with Crippen LogP contribution in [0.5, 0.6) is 5.75 Å². The van der Waals surface area contributed by atoms with Crippen LogP contribution in [-0.4, -0.2) is 31.1 Å². The molecule has 19 heavy (non-hydrogen) atoms. The van der Waals surface area contributed by atoms with Gasteiger partial charge in [0, 0.05) is 17.6 Å². The molecule has 2 N–H and O–H groups in total. The minimum Gasteiger partial charge on any atom is -0.489 e. The largest absolute Gasteiger partial charge is 0.489 e. The summed E-state index contributed by atoms with van der Waals surface area (Å²) in [4.78, 5) is 2.29. The highest BCUT2D eigenvalue weighted by Crippen LogP contribution is 2.28. The Balaban J connectivity index is 2.06. The highest BCUT2D eigenvalue weighted by molar-refractivity contribution is 5.37. The van der Waals surface area contributed by atoms with Gasteiger partial charge in [0.15, 0.2) is 11.6 Å². The third-order valence-electron chi connectivity index (χ3n) is 3.83. The number of rotatable bonds is 4. The fraction of sp³-hybridized carbons (Fsp3) is 0.600. The molecule has 1 aromatic rings. The van der Waals surface area contributed by atoms with E-state index in [0.29, 0.717) is 18.4 Å². The molecule has 2 rings (SSSR count). The highest BCUT2D eigenvalue weighted by Gasteiger charge is 2.21. The summed E-state index contributed by atoms with van der Waals surface area (Å²) in [6.45, 7) is 3.46. The predicted octanol–water partition coefficient (Wildman–Crippen LogP) is 2.71. The topological polar surface area (TPSA) is 38.5 Å². The standard InChI is InChI=1S/C15H23FN2O/c1-11(17)13-7-5-8-14(16)15(13)19-10-12-6-3-4-9-18(12)2/h5,7-8,11-12H,3-4,6,9-10,17H2,1-2H3/t11-,12?/m1/s1. The lowest BCUT2D eigenvalue weighted by Gasteiger charge is -2.32. The van der Waals surface area contributed by atoms with Gasteiger partial charge < -0.3 is 15.4 Å². The van der Waals surface area contributed by atoms with Crippen molar-refractivity contribution in [3.8, 4) is 5.75 Å². The number of nitrogens with two attached hydrogens (primary N) is 1. The normalized spacial score (nSPS) is 22.2. The fourth-order valence-corrected chi connectivity index (χ4v) is 2.57. The van der Waals surface area contributed by atoms with Crippen LogP contribution in [0.15, 0.2) is 18.2 Å². The Morgan fingerprint density at radius 1 is 1.47 bits per heavy atom. The maximum atomic E-state index is 13.9. The van der Waals surface area contributed by atoms with E-state index in [1.54, 1.807) is 6.07 Å². The summed E-state index contributed by atoms with van der Waals surface area (Å²) in [5, 5.41) is 0. The molecule has 2 atom stereocenters. The van der Waals surface area contributed by atoms with Crippen LogP contribution in [0.1, 0.15) is 37.8 Å². The van der Waals surface area contributed by atoms with Crippen molar-refractivity contribution in [2.24, 2.45) is 5.73 Å². The Morgan fingerprint density at radius 3 is 2.95 bits per heavy atom. The van der Waals surface area contributed by atoms with Gasteiger partial charge in [0.2, 0.25) is 0 Å². The lowest BCUT2D eigenvalue weighted by molar-refractivity contribution is 0.122. The Labute approximate surface area is 114 Å². The average Bonchev–Trinajstić information content (AvgIpc) is 2.38. The zero-order valence-corrected chi connectivity index (χ0v) is 11.7. The van der Waals surface area contributed by atoms with E-state index in [1.165, 1.54) is 18.9 Å². The average molecular weight is 266 g/mol. The second-order valence-electron chi connectivity index (χ2n) is 5.39. The van der Waals surface area contributed by atoms with Crippen LogP contribution in [-0.2, 0) is 0 Å². The molecule has 1 unspecified atom stereocenters. The number of ether oxygens (including phenoxy) is 1. The molecule has 0 radical (unpaired) electrons. The van der Waals surface area contributed by atoms with Crippen molar-refractivity contribution in [3.63, 3.8) is 0 Å². The van der Waals surface area contributed by atoms with E-state index in [4.69, 9.17) is 10.5 Å². The van der Waals surface area contributed by atoms with E-state index in [0.717, 1.165) is 18.5 Å². The van der Waals surface area contributed by atoms with Gasteiger partial charge in [-0.3, -0.25) is 0 Å². The molecule has 1 heterocycles. The number of piperidine rings is 1. The van der Waals surface area contributed by atoms with E-state index in [9.17, 15) is 4.39 Å². The zero-order valence-electron chi connectivity index (χ0n) is 11.7. The second-order valence-corrected chi connectivity index (χ2v) is 5.39. The van der Waals surface area contributed by atoms with Gasteiger partial charge >= 0.3 is 0 Å². The SMILES string of the molecule is C[C@@H](N)c1cccc(F)c1OCC1CCCCN1C. The predicted molar refractivity (Wildman–Crippen MR) is 74.8 cm³/mol. The fourth-order valence-electron chi connectivity index (χ4n) is 2.57. The van der Waals surface area contributed by atoms with Gasteiger partial charge in [0.25, 0.3) is 0 Å². The minimum absolute atomic E-state index is 0.227. The van der Waals surface area contributed by atoms with Crippen molar-refractivity contribution in [1.82, 2.24) is 4.90 Å². The molecule has 1 aromatic carbocycles. The molecule has 0 amide bonds. The van der Waals surface area contributed by atoms with Gasteiger partial charge in [-0.15, -0.1) is 0 Å². The molecule has 1 aliphatic rings. The summed E-state index contributed by atoms with van der Waals surface area (Å²) in [7, 11) is 2.10. The van der Waals surface area contributed by atoms with E-state index in [1.807, 2.05) is 13.0 Å². The lowest BCUT2D eigenvalue weighted by Crippen LogP contribution is -2.40. The van der Waals surface area contributed by atoms with Crippen molar-refractivity contribution in [1.29, 1.82) is 0 Å². The molecule has 0 bridgehead atoms. The van der Waals surface area contributed by atoms with Gasteiger partial charge in [0.05, 0.1) is 0 Å². The molecular weight excluding hydrogens is 243 g/mol. The third kappa shape index (κ3) is 3.45. The van der Waals surface area contributed by atoms with Crippen LogP contribution in [0.2, 0.25) is 0 Å². The summed E-state index contributed by atoms with van der Waals surface area (Å²) < 4.78 is 19.6. The van der Waals surface area contributed by atoms with Crippen LogP contribution >= 0.6 is 0 Å². The molecule has 4 heteroatoms.